The average molecular weight is 413 g/mol. The molecule has 3 aromatic carbocycles. The van der Waals surface area contributed by atoms with Gasteiger partial charge in [-0.05, 0) is 28.5 Å². The number of hydrogen-bond donors (Lipinski definition) is 2. The number of hydrogen-bond acceptors (Lipinski definition) is 3. The zero-order chi connectivity index (χ0) is 20.2. The number of nitrogens with zero attached hydrogens (tertiary/aromatic N) is 2. The third kappa shape index (κ3) is 5.02. The molecule has 1 heterocycles. The molecule has 0 unspecified atom stereocenters. The van der Waals surface area contributed by atoms with Gasteiger partial charge in [0.15, 0.2) is 0 Å². The summed E-state index contributed by atoms with van der Waals surface area (Å²) in [6, 6.07) is 20.9. The number of piperazine rings is 1. The number of nitrogens with one attached hydrogen (secondary N) is 1. The van der Waals surface area contributed by atoms with E-state index in [4.69, 9.17) is 0 Å². The van der Waals surface area contributed by atoms with Crippen LogP contribution in [0.2, 0.25) is 0 Å². The molecule has 0 aliphatic carbocycles. The van der Waals surface area contributed by atoms with Gasteiger partial charge in [-0.2, -0.15) is 0 Å². The molecule has 2 N–H and O–H groups in total. The third-order valence-corrected chi connectivity index (χ3v) is 5.33. The third-order valence-electron chi connectivity index (χ3n) is 5.33. The van der Waals surface area contributed by atoms with Crippen LogP contribution in [0.5, 0.6) is 0 Å². The fourth-order valence-corrected chi connectivity index (χ4v) is 3.75. The van der Waals surface area contributed by atoms with Crippen LogP contribution in [0.1, 0.15) is 15.9 Å². The standard InChI is InChI=1S/C23H23N3O3.Na.H/c27-22(28)20-10-3-4-11-21(20)24-23(29)26-14-12-25(13-15-26)16-18-8-5-7-17-6-1-2-9-19(17)18;;/h1-11H,12-16H2,(H,24,29)(H,27,28);;. The zero-order valence-corrected chi connectivity index (χ0v) is 16.0. The number of urea groups is 1. The molecule has 7 heteroatoms. The van der Waals surface area contributed by atoms with E-state index in [1.165, 1.54) is 22.4 Å². The number of carboxylic acid groups (broad SMARTS) is 1. The second-order valence-corrected chi connectivity index (χ2v) is 7.18. The van der Waals surface area contributed by atoms with Gasteiger partial charge in [-0.25, -0.2) is 9.59 Å². The Labute approximate surface area is 197 Å². The molecule has 6 nitrogen and oxygen atoms in total. The second kappa shape index (κ2) is 10.1. The molecule has 0 saturated carbocycles. The molecule has 1 fully saturated rings. The topological polar surface area (TPSA) is 72.9 Å². The SMILES string of the molecule is O=C(O)c1ccccc1NC(=O)N1CCN(Cc2cccc3ccccc23)CC1.[NaH]. The first-order chi connectivity index (χ1) is 14.1. The van der Waals surface area contributed by atoms with Gasteiger partial charge in [-0.15, -0.1) is 0 Å². The Morgan fingerprint density at radius 2 is 1.53 bits per heavy atom. The van der Waals surface area contributed by atoms with Crippen LogP contribution >= 0.6 is 0 Å². The monoisotopic (exact) mass is 413 g/mol. The summed E-state index contributed by atoms with van der Waals surface area (Å²) in [7, 11) is 0. The minimum absolute atomic E-state index is 0. The van der Waals surface area contributed by atoms with Crippen LogP contribution in [-0.4, -0.2) is 82.6 Å². The van der Waals surface area contributed by atoms with Crippen molar-refractivity contribution in [3.05, 3.63) is 77.9 Å². The van der Waals surface area contributed by atoms with E-state index in [0.717, 1.165) is 19.6 Å². The van der Waals surface area contributed by atoms with E-state index in [9.17, 15) is 14.7 Å². The first kappa shape index (κ1) is 22.3. The molecular formula is C23H24N3NaO3. The van der Waals surface area contributed by atoms with Crippen LogP contribution in [0.3, 0.4) is 0 Å². The van der Waals surface area contributed by atoms with Crippen LogP contribution in [0.15, 0.2) is 66.7 Å². The fourth-order valence-electron chi connectivity index (χ4n) is 3.75. The van der Waals surface area contributed by atoms with E-state index in [-0.39, 0.29) is 41.2 Å². The van der Waals surface area contributed by atoms with Crippen LogP contribution in [-0.2, 0) is 6.54 Å². The van der Waals surface area contributed by atoms with E-state index in [1.807, 2.05) is 6.07 Å². The van der Waals surface area contributed by atoms with Crippen molar-refractivity contribution in [2.45, 2.75) is 6.54 Å². The van der Waals surface area contributed by atoms with E-state index in [0.29, 0.717) is 18.8 Å². The van der Waals surface area contributed by atoms with Gasteiger partial charge in [0.1, 0.15) is 0 Å². The number of aromatic carboxylic acids is 1. The van der Waals surface area contributed by atoms with Gasteiger partial charge < -0.3 is 15.3 Å². The maximum absolute atomic E-state index is 12.6. The van der Waals surface area contributed by atoms with Crippen molar-refractivity contribution < 1.29 is 14.7 Å². The first-order valence-corrected chi connectivity index (χ1v) is 9.69. The fraction of sp³-hybridized carbons (Fsp3) is 0.217. The van der Waals surface area contributed by atoms with Gasteiger partial charge in [-0.1, -0.05) is 54.6 Å². The van der Waals surface area contributed by atoms with Gasteiger partial charge in [0.25, 0.3) is 0 Å². The summed E-state index contributed by atoms with van der Waals surface area (Å²) in [6.45, 7) is 3.60. The molecule has 0 spiro atoms. The summed E-state index contributed by atoms with van der Waals surface area (Å²) < 4.78 is 0. The molecule has 0 bridgehead atoms. The van der Waals surface area contributed by atoms with Crippen LogP contribution in [0.25, 0.3) is 10.8 Å². The minimum atomic E-state index is -1.05. The van der Waals surface area contributed by atoms with E-state index >= 15 is 0 Å². The number of anilines is 1. The van der Waals surface area contributed by atoms with Gasteiger partial charge in [0.05, 0.1) is 11.3 Å². The van der Waals surface area contributed by atoms with Gasteiger partial charge in [-0.3, -0.25) is 4.90 Å². The summed E-state index contributed by atoms with van der Waals surface area (Å²) in [5.74, 6) is -1.05. The predicted octanol–water partition coefficient (Wildman–Crippen LogP) is 3.24. The number of carboxylic acids is 1. The number of rotatable bonds is 4. The quantitative estimate of drug-likeness (QED) is 0.644. The van der Waals surface area contributed by atoms with Gasteiger partial charge in [0, 0.05) is 32.7 Å². The number of carbonyl (C=O) groups is 2. The molecule has 0 radical (unpaired) electrons. The van der Waals surface area contributed by atoms with Crippen molar-refractivity contribution in [3.63, 3.8) is 0 Å². The van der Waals surface area contributed by atoms with Crippen LogP contribution < -0.4 is 5.32 Å². The Morgan fingerprint density at radius 3 is 2.30 bits per heavy atom. The normalized spacial score (nSPS) is 14.2. The van der Waals surface area contributed by atoms with Gasteiger partial charge in [0.2, 0.25) is 0 Å². The molecule has 0 atom stereocenters. The Morgan fingerprint density at radius 1 is 0.867 bits per heavy atom. The van der Waals surface area contributed by atoms with E-state index in [1.54, 1.807) is 23.1 Å². The molecule has 1 aliphatic heterocycles. The Bertz CT molecular complexity index is 1040. The molecule has 0 aromatic heterocycles. The number of amides is 2. The van der Waals surface area contributed by atoms with Crippen LogP contribution in [0.4, 0.5) is 10.5 Å². The van der Waals surface area contributed by atoms with Crippen molar-refractivity contribution in [2.24, 2.45) is 0 Å². The van der Waals surface area contributed by atoms with Gasteiger partial charge >= 0.3 is 41.6 Å². The van der Waals surface area contributed by atoms with E-state index < -0.39 is 5.97 Å². The molecule has 30 heavy (non-hydrogen) atoms. The van der Waals surface area contributed by atoms with Crippen LogP contribution in [0, 0.1) is 0 Å². The molecule has 3 aromatic rings. The number of fused-ring (bicyclic) bond motifs is 1. The number of carbonyl (C=O) groups excluding carboxylic acids is 1. The maximum atomic E-state index is 12.6. The molecule has 4 rings (SSSR count). The Balaban J connectivity index is 0.00000256. The zero-order valence-electron chi connectivity index (χ0n) is 16.0. The van der Waals surface area contributed by atoms with Crippen molar-refractivity contribution in [2.75, 3.05) is 31.5 Å². The molecular weight excluding hydrogens is 389 g/mol. The van der Waals surface area contributed by atoms with Crippen molar-refractivity contribution in [3.8, 4) is 0 Å². The number of benzene rings is 3. The average Bonchev–Trinajstić information content (AvgIpc) is 2.75. The summed E-state index contributed by atoms with van der Waals surface area (Å²) in [5.41, 5.74) is 1.70. The summed E-state index contributed by atoms with van der Waals surface area (Å²) in [4.78, 5) is 28.0. The molecule has 150 valence electrons. The predicted molar refractivity (Wildman–Crippen MR) is 120 cm³/mol. The Hall–Kier alpha value is -2.38. The molecule has 2 amide bonds. The molecule has 1 saturated heterocycles. The molecule has 1 aliphatic rings. The van der Waals surface area contributed by atoms with Crippen molar-refractivity contribution >= 4 is 58.0 Å². The van der Waals surface area contributed by atoms with Crippen molar-refractivity contribution in [1.82, 2.24) is 9.80 Å². The Kier molecular flexibility index (Phi) is 7.50. The van der Waals surface area contributed by atoms with E-state index in [2.05, 4.69) is 46.6 Å². The second-order valence-electron chi connectivity index (χ2n) is 7.18. The first-order valence-electron chi connectivity index (χ1n) is 9.69. The number of para-hydroxylation sites is 1. The van der Waals surface area contributed by atoms with Crippen molar-refractivity contribution in [1.29, 1.82) is 0 Å². The summed E-state index contributed by atoms with van der Waals surface area (Å²) in [6.07, 6.45) is 0. The summed E-state index contributed by atoms with van der Waals surface area (Å²) in [5, 5.41) is 14.5. The summed E-state index contributed by atoms with van der Waals surface area (Å²) >= 11 is 0.